The van der Waals surface area contributed by atoms with E-state index in [1.54, 1.807) is 0 Å². The van der Waals surface area contributed by atoms with E-state index in [0.29, 0.717) is 6.61 Å². The molecule has 0 heterocycles. The van der Waals surface area contributed by atoms with Crippen LogP contribution in [0.25, 0.3) is 0 Å². The first-order valence-corrected chi connectivity index (χ1v) is 9.37. The Bertz CT molecular complexity index is 112. The van der Waals surface area contributed by atoms with Crippen LogP contribution < -0.4 is 0 Å². The summed E-state index contributed by atoms with van der Waals surface area (Å²) in [7, 11) is 0. The molecule has 3 heteroatoms. The number of aliphatic hydroxyl groups excluding tert-OH is 1. The van der Waals surface area contributed by atoms with E-state index in [4.69, 9.17) is 5.11 Å². The van der Waals surface area contributed by atoms with E-state index >= 15 is 0 Å². The normalized spacial score (nSPS) is 15.9. The van der Waals surface area contributed by atoms with Gasteiger partial charge in [0.25, 0.3) is 0 Å². The van der Waals surface area contributed by atoms with Crippen LogP contribution in [0.4, 0.5) is 0 Å². The van der Waals surface area contributed by atoms with Crippen molar-refractivity contribution in [3.05, 3.63) is 0 Å². The Hall–Kier alpha value is 0.870. The molecule has 0 aromatic heterocycles. The van der Waals surface area contributed by atoms with Crippen molar-refractivity contribution in [1.82, 2.24) is 0 Å². The van der Waals surface area contributed by atoms with Gasteiger partial charge in [-0.3, -0.25) is 0 Å². The Morgan fingerprint density at radius 2 is 1.45 bits per heavy atom. The number of rotatable bonds is 5. The number of hydrogen-bond donors (Lipinski definition) is 1. The summed E-state index contributed by atoms with van der Waals surface area (Å²) in [5, 5.41) is 7.34. The molecule has 0 spiro atoms. The molecule has 70 valence electrons. The van der Waals surface area contributed by atoms with Crippen molar-refractivity contribution in [2.45, 2.75) is 20.8 Å². The van der Waals surface area contributed by atoms with Crippen LogP contribution in [0.2, 0.25) is 0 Å². The molecule has 0 fully saturated rings. The molecule has 1 N–H and O–H groups in total. The van der Waals surface area contributed by atoms with Gasteiger partial charge in [0.1, 0.15) is 0 Å². The molecule has 0 aliphatic heterocycles. The van der Waals surface area contributed by atoms with Gasteiger partial charge in [-0.25, -0.2) is 0 Å². The summed E-state index contributed by atoms with van der Waals surface area (Å²) in [5.41, 5.74) is 0. The minimum absolute atomic E-state index is 0.332. The summed E-state index contributed by atoms with van der Waals surface area (Å²) < 4.78 is 0. The molecule has 0 unspecified atom stereocenters. The van der Waals surface area contributed by atoms with Crippen molar-refractivity contribution < 1.29 is 5.11 Å². The molecule has 0 aromatic carbocycles. The SMILES string of the molecule is CCP(Br)(CC)(CC)CCO. The predicted octanol–water partition coefficient (Wildman–Crippen LogP) is 2.90. The first kappa shape index (κ1) is 11.9. The number of aliphatic hydroxyl groups is 1. The van der Waals surface area contributed by atoms with Crippen LogP contribution in [0.15, 0.2) is 0 Å². The molecule has 0 amide bonds. The summed E-state index contributed by atoms with van der Waals surface area (Å²) >= 11 is 3.92. The fourth-order valence-electron chi connectivity index (χ4n) is 1.40. The standard InChI is InChI=1S/C8H20BrOP/c1-4-11(9,5-2,6-3)8-7-10/h10H,4-8H2,1-3H3. The first-order chi connectivity index (χ1) is 5.04. The van der Waals surface area contributed by atoms with Crippen molar-refractivity contribution in [3.63, 3.8) is 0 Å². The van der Waals surface area contributed by atoms with Gasteiger partial charge in [-0.1, -0.05) is 0 Å². The van der Waals surface area contributed by atoms with Gasteiger partial charge in [-0.05, 0) is 0 Å². The van der Waals surface area contributed by atoms with Gasteiger partial charge in [-0.15, -0.1) is 0 Å². The monoisotopic (exact) mass is 242 g/mol. The summed E-state index contributed by atoms with van der Waals surface area (Å²) in [6.45, 7) is 7.03. The zero-order valence-electron chi connectivity index (χ0n) is 7.81. The zero-order chi connectivity index (χ0) is 8.98. The van der Waals surface area contributed by atoms with Crippen LogP contribution in [-0.4, -0.2) is 36.4 Å². The summed E-state index contributed by atoms with van der Waals surface area (Å²) in [4.78, 5) is 0. The molecule has 0 saturated carbocycles. The summed E-state index contributed by atoms with van der Waals surface area (Å²) in [6, 6.07) is 0. The van der Waals surface area contributed by atoms with E-state index in [9.17, 15) is 0 Å². The topological polar surface area (TPSA) is 20.2 Å². The maximum absolute atomic E-state index is 8.96. The Kier molecular flexibility index (Phi) is 4.54. The van der Waals surface area contributed by atoms with Crippen LogP contribution in [-0.2, 0) is 0 Å². The third-order valence-electron chi connectivity index (χ3n) is 3.03. The second-order valence-electron chi connectivity index (χ2n) is 3.22. The van der Waals surface area contributed by atoms with Crippen molar-refractivity contribution in [1.29, 1.82) is 0 Å². The summed E-state index contributed by atoms with van der Waals surface area (Å²) in [6.07, 6.45) is 4.60. The first-order valence-electron chi connectivity index (χ1n) is 4.37. The molecule has 0 atom stereocenters. The quantitative estimate of drug-likeness (QED) is 0.736. The maximum atomic E-state index is 8.96. The molecule has 0 saturated heterocycles. The van der Waals surface area contributed by atoms with E-state index in [0.717, 1.165) is 6.16 Å². The Labute approximate surface area is 78.2 Å². The molecule has 1 nitrogen and oxygen atoms in total. The Balaban J connectivity index is 4.44. The van der Waals surface area contributed by atoms with E-state index in [1.807, 2.05) is 0 Å². The molecule has 0 bridgehead atoms. The second kappa shape index (κ2) is 4.20. The number of halogens is 1. The Morgan fingerprint density at radius 3 is 1.55 bits per heavy atom. The van der Waals surface area contributed by atoms with E-state index in [-0.39, 0.29) is 0 Å². The predicted molar refractivity (Wildman–Crippen MR) is 59.4 cm³/mol. The van der Waals surface area contributed by atoms with Gasteiger partial charge < -0.3 is 0 Å². The van der Waals surface area contributed by atoms with Gasteiger partial charge in [0.2, 0.25) is 0 Å². The van der Waals surface area contributed by atoms with E-state index in [1.165, 1.54) is 18.5 Å². The van der Waals surface area contributed by atoms with Crippen LogP contribution in [0.1, 0.15) is 20.8 Å². The van der Waals surface area contributed by atoms with Gasteiger partial charge in [-0.2, -0.15) is 0 Å². The molecule has 0 aliphatic carbocycles. The fraction of sp³-hybridized carbons (Fsp3) is 1.00. The van der Waals surface area contributed by atoms with Crippen LogP contribution in [0.5, 0.6) is 0 Å². The average molecular weight is 243 g/mol. The zero-order valence-corrected chi connectivity index (χ0v) is 10.3. The van der Waals surface area contributed by atoms with E-state index in [2.05, 4.69) is 36.3 Å². The van der Waals surface area contributed by atoms with Crippen molar-refractivity contribution in [2.75, 3.05) is 31.3 Å². The molecule has 0 aliphatic rings. The number of hydrogen-bond acceptors (Lipinski definition) is 1. The van der Waals surface area contributed by atoms with E-state index < -0.39 is 5.31 Å². The molecule has 11 heavy (non-hydrogen) atoms. The molecule has 0 rings (SSSR count). The van der Waals surface area contributed by atoms with Crippen molar-refractivity contribution in [3.8, 4) is 0 Å². The average Bonchev–Trinajstić information content (AvgIpc) is 2.06. The van der Waals surface area contributed by atoms with Gasteiger partial charge in [0, 0.05) is 0 Å². The third kappa shape index (κ3) is 2.68. The third-order valence-corrected chi connectivity index (χ3v) is 14.7. The van der Waals surface area contributed by atoms with Crippen molar-refractivity contribution in [2.24, 2.45) is 0 Å². The molecule has 0 aromatic rings. The minimum atomic E-state index is -1.62. The molecular weight excluding hydrogens is 223 g/mol. The van der Waals surface area contributed by atoms with Crippen LogP contribution in [0.3, 0.4) is 0 Å². The van der Waals surface area contributed by atoms with Crippen molar-refractivity contribution >= 4 is 20.8 Å². The van der Waals surface area contributed by atoms with Gasteiger partial charge >= 0.3 is 77.9 Å². The van der Waals surface area contributed by atoms with Gasteiger partial charge in [0.05, 0.1) is 0 Å². The fourth-order valence-corrected chi connectivity index (χ4v) is 4.66. The van der Waals surface area contributed by atoms with Gasteiger partial charge in [0.15, 0.2) is 0 Å². The molecule has 0 radical (unpaired) electrons. The summed E-state index contributed by atoms with van der Waals surface area (Å²) in [5.74, 6) is 0. The van der Waals surface area contributed by atoms with Crippen LogP contribution in [0, 0.1) is 0 Å². The Morgan fingerprint density at radius 1 is 1.09 bits per heavy atom. The van der Waals surface area contributed by atoms with Crippen LogP contribution >= 0.6 is 20.8 Å². The molecular formula is C8H20BrOP. The second-order valence-corrected chi connectivity index (χ2v) is 15.2.